The molecule has 0 bridgehead atoms. The number of carbonyl (C=O) groups is 1. The Bertz CT molecular complexity index is 621. The largest absolute Gasteiger partial charge is 0.350 e. The first-order valence-electron chi connectivity index (χ1n) is 5.93. The Labute approximate surface area is 133 Å². The van der Waals surface area contributed by atoms with Crippen molar-refractivity contribution in [3.63, 3.8) is 0 Å². The second-order valence-electron chi connectivity index (χ2n) is 4.24. The first-order chi connectivity index (χ1) is 9.54. The Morgan fingerprint density at radius 3 is 2.80 bits per heavy atom. The summed E-state index contributed by atoms with van der Waals surface area (Å²) in [6.07, 6.45) is 0. The minimum Gasteiger partial charge on any atom is -0.350 e. The number of nitrogens with one attached hydrogen (secondary N) is 1. The highest BCUT2D eigenvalue weighted by Gasteiger charge is 2.10. The third-order valence-corrected chi connectivity index (χ3v) is 6.29. The van der Waals surface area contributed by atoms with Crippen LogP contribution in [-0.2, 0) is 27.9 Å². The summed E-state index contributed by atoms with van der Waals surface area (Å²) < 4.78 is 12.6. The topological polar surface area (TPSA) is 46.2 Å². The molecule has 7 heteroatoms. The van der Waals surface area contributed by atoms with Crippen molar-refractivity contribution in [2.75, 3.05) is 5.75 Å². The molecular formula is C13H14ClNO2S3. The lowest BCUT2D eigenvalue weighted by atomic mass is 10.3. The molecule has 0 aliphatic rings. The van der Waals surface area contributed by atoms with E-state index in [-0.39, 0.29) is 11.7 Å². The van der Waals surface area contributed by atoms with E-state index in [9.17, 15) is 9.00 Å². The number of rotatable bonds is 6. The minimum absolute atomic E-state index is 0.0277. The highest BCUT2D eigenvalue weighted by Crippen LogP contribution is 2.22. The molecule has 2 aromatic heterocycles. The van der Waals surface area contributed by atoms with Crippen LogP contribution in [0.2, 0.25) is 4.34 Å². The second kappa shape index (κ2) is 7.36. The molecule has 0 unspecified atom stereocenters. The quantitative estimate of drug-likeness (QED) is 0.871. The van der Waals surface area contributed by atoms with Crippen molar-refractivity contribution in [3.8, 4) is 0 Å². The van der Waals surface area contributed by atoms with Gasteiger partial charge in [0.05, 0.1) is 16.6 Å². The van der Waals surface area contributed by atoms with Crippen molar-refractivity contribution in [1.29, 1.82) is 0 Å². The van der Waals surface area contributed by atoms with Gasteiger partial charge in [-0.2, -0.15) is 0 Å². The minimum atomic E-state index is -1.20. The van der Waals surface area contributed by atoms with E-state index in [0.717, 1.165) is 9.75 Å². The molecule has 1 atom stereocenters. The predicted molar refractivity (Wildman–Crippen MR) is 86.9 cm³/mol. The third-order valence-electron chi connectivity index (χ3n) is 2.64. The zero-order chi connectivity index (χ0) is 14.5. The number of halogens is 1. The van der Waals surface area contributed by atoms with Crippen molar-refractivity contribution < 1.29 is 9.00 Å². The van der Waals surface area contributed by atoms with E-state index < -0.39 is 10.8 Å². The van der Waals surface area contributed by atoms with E-state index in [1.54, 1.807) is 17.4 Å². The summed E-state index contributed by atoms with van der Waals surface area (Å²) in [4.78, 5) is 13.8. The monoisotopic (exact) mass is 347 g/mol. The molecular weight excluding hydrogens is 334 g/mol. The van der Waals surface area contributed by atoms with Gasteiger partial charge in [-0.15, -0.1) is 22.7 Å². The van der Waals surface area contributed by atoms with Gasteiger partial charge in [0.1, 0.15) is 5.75 Å². The van der Waals surface area contributed by atoms with Gasteiger partial charge < -0.3 is 5.32 Å². The molecule has 0 aliphatic heterocycles. The molecule has 1 N–H and O–H groups in total. The van der Waals surface area contributed by atoms with Crippen LogP contribution in [0, 0.1) is 6.92 Å². The fourth-order valence-corrected chi connectivity index (χ4v) is 4.87. The molecule has 0 fully saturated rings. The molecule has 0 aromatic carbocycles. The van der Waals surface area contributed by atoms with Gasteiger partial charge in [0.15, 0.2) is 0 Å². The molecule has 0 aliphatic carbocycles. The number of aryl methyl sites for hydroxylation is 1. The molecule has 0 saturated carbocycles. The molecule has 20 heavy (non-hydrogen) atoms. The summed E-state index contributed by atoms with van der Waals surface area (Å²) in [5.41, 5.74) is 1.17. The van der Waals surface area contributed by atoms with Gasteiger partial charge in [0.25, 0.3) is 0 Å². The van der Waals surface area contributed by atoms with Crippen LogP contribution in [-0.4, -0.2) is 15.9 Å². The fourth-order valence-electron chi connectivity index (χ4n) is 1.60. The van der Waals surface area contributed by atoms with Gasteiger partial charge in [-0.05, 0) is 36.1 Å². The molecule has 2 heterocycles. The Balaban J connectivity index is 1.76. The molecule has 0 radical (unpaired) electrons. The van der Waals surface area contributed by atoms with E-state index in [4.69, 9.17) is 11.6 Å². The maximum Gasteiger partial charge on any atom is 0.232 e. The molecule has 0 spiro atoms. The van der Waals surface area contributed by atoms with E-state index in [1.165, 1.54) is 16.9 Å². The Kier molecular flexibility index (Phi) is 5.77. The normalized spacial score (nSPS) is 12.3. The lowest BCUT2D eigenvalue weighted by molar-refractivity contribution is -0.118. The number of carbonyl (C=O) groups excluding carboxylic acids is 1. The summed E-state index contributed by atoms with van der Waals surface area (Å²) in [6, 6.07) is 5.64. The zero-order valence-electron chi connectivity index (χ0n) is 10.8. The van der Waals surface area contributed by atoms with E-state index >= 15 is 0 Å². The highest BCUT2D eigenvalue weighted by atomic mass is 35.5. The number of thiophene rings is 2. The maximum atomic E-state index is 11.9. The van der Waals surface area contributed by atoms with Crippen LogP contribution in [0.4, 0.5) is 0 Å². The number of hydrogen-bond donors (Lipinski definition) is 1. The highest BCUT2D eigenvalue weighted by molar-refractivity contribution is 7.85. The van der Waals surface area contributed by atoms with E-state index in [1.807, 2.05) is 24.4 Å². The summed E-state index contributed by atoms with van der Waals surface area (Å²) in [7, 11) is -1.20. The average Bonchev–Trinajstić information content (AvgIpc) is 2.96. The summed E-state index contributed by atoms with van der Waals surface area (Å²) in [5.74, 6) is 0.224. The van der Waals surface area contributed by atoms with E-state index in [2.05, 4.69) is 5.32 Å². The predicted octanol–water partition coefficient (Wildman–Crippen LogP) is 3.34. The Morgan fingerprint density at radius 1 is 1.40 bits per heavy atom. The Hall–Kier alpha value is -0.690. The van der Waals surface area contributed by atoms with Gasteiger partial charge in [-0.25, -0.2) is 0 Å². The number of hydrogen-bond acceptors (Lipinski definition) is 4. The van der Waals surface area contributed by atoms with Gasteiger partial charge >= 0.3 is 0 Å². The summed E-state index contributed by atoms with van der Waals surface area (Å²) >= 11 is 8.82. The van der Waals surface area contributed by atoms with Crippen molar-refractivity contribution in [3.05, 3.63) is 43.2 Å². The van der Waals surface area contributed by atoms with Crippen LogP contribution >= 0.6 is 34.3 Å². The third kappa shape index (κ3) is 4.70. The molecule has 0 saturated heterocycles. The SMILES string of the molecule is Cc1ccsc1CNC(=O)C[S@@](=O)Cc1ccc(Cl)s1. The first-order valence-corrected chi connectivity index (χ1v) is 9.49. The lowest BCUT2D eigenvalue weighted by Gasteiger charge is -2.04. The van der Waals surface area contributed by atoms with Gasteiger partial charge in [-0.1, -0.05) is 11.6 Å². The van der Waals surface area contributed by atoms with Gasteiger partial charge in [0, 0.05) is 20.6 Å². The van der Waals surface area contributed by atoms with Crippen LogP contribution in [0.25, 0.3) is 0 Å². The van der Waals surface area contributed by atoms with Crippen LogP contribution in [0.3, 0.4) is 0 Å². The van der Waals surface area contributed by atoms with Crippen molar-refractivity contribution >= 4 is 51.0 Å². The van der Waals surface area contributed by atoms with Crippen LogP contribution in [0.15, 0.2) is 23.6 Å². The van der Waals surface area contributed by atoms with Crippen molar-refractivity contribution in [2.24, 2.45) is 0 Å². The molecule has 108 valence electrons. The maximum absolute atomic E-state index is 11.9. The standard InChI is InChI=1S/C13H14ClNO2S3/c1-9-4-5-18-11(9)6-15-13(16)8-20(17)7-10-2-3-12(14)19-10/h2-5H,6-8H2,1H3,(H,15,16)/t20-/m0/s1. The van der Waals surface area contributed by atoms with E-state index in [0.29, 0.717) is 16.6 Å². The molecule has 2 aromatic rings. The lowest BCUT2D eigenvalue weighted by Crippen LogP contribution is -2.28. The van der Waals surface area contributed by atoms with Crippen molar-refractivity contribution in [1.82, 2.24) is 5.32 Å². The number of amides is 1. The van der Waals surface area contributed by atoms with Gasteiger partial charge in [0.2, 0.25) is 5.91 Å². The Morgan fingerprint density at radius 2 is 2.20 bits per heavy atom. The van der Waals surface area contributed by atoms with Crippen LogP contribution < -0.4 is 5.32 Å². The molecule has 1 amide bonds. The zero-order valence-corrected chi connectivity index (χ0v) is 14.1. The smallest absolute Gasteiger partial charge is 0.232 e. The van der Waals surface area contributed by atoms with Gasteiger partial charge in [-0.3, -0.25) is 9.00 Å². The second-order valence-corrected chi connectivity index (χ2v) is 8.50. The van der Waals surface area contributed by atoms with Crippen LogP contribution in [0.5, 0.6) is 0 Å². The first kappa shape index (κ1) is 15.7. The summed E-state index contributed by atoms with van der Waals surface area (Å²) in [6.45, 7) is 2.51. The molecule has 2 rings (SSSR count). The molecule has 3 nitrogen and oxygen atoms in total. The van der Waals surface area contributed by atoms with Crippen LogP contribution in [0.1, 0.15) is 15.3 Å². The summed E-state index contributed by atoms with van der Waals surface area (Å²) in [5, 5.41) is 4.80. The fraction of sp³-hybridized carbons (Fsp3) is 0.308. The average molecular weight is 348 g/mol. The van der Waals surface area contributed by atoms with Crippen molar-refractivity contribution in [2.45, 2.75) is 19.2 Å².